The number of carboxylic acids is 1. The van der Waals surface area contributed by atoms with Crippen molar-refractivity contribution in [3.63, 3.8) is 0 Å². The molecule has 0 spiro atoms. The van der Waals surface area contributed by atoms with E-state index in [1.165, 1.54) is 10.7 Å². The molecule has 0 radical (unpaired) electrons. The monoisotopic (exact) mass is 279 g/mol. The molecule has 0 unspecified atom stereocenters. The van der Waals surface area contributed by atoms with Crippen LogP contribution in [0, 0.1) is 0 Å². The Morgan fingerprint density at radius 1 is 1.42 bits per heavy atom. The highest BCUT2D eigenvalue weighted by atomic mass is 32.2. The van der Waals surface area contributed by atoms with Crippen LogP contribution in [-0.4, -0.2) is 42.9 Å². The summed E-state index contributed by atoms with van der Waals surface area (Å²) in [5, 5.41) is 19.9. The van der Waals surface area contributed by atoms with Crippen LogP contribution in [0.5, 0.6) is 0 Å². The van der Waals surface area contributed by atoms with Crippen LogP contribution >= 0.6 is 11.8 Å². The van der Waals surface area contributed by atoms with Gasteiger partial charge in [-0.2, -0.15) is 4.68 Å². The van der Waals surface area contributed by atoms with Gasteiger partial charge < -0.3 is 10.8 Å². The fraction of sp³-hybridized carbons (Fsp3) is 0.100. The van der Waals surface area contributed by atoms with Crippen LogP contribution in [-0.2, 0) is 4.79 Å². The van der Waals surface area contributed by atoms with E-state index in [4.69, 9.17) is 10.8 Å². The number of aliphatic carboxylic acids is 1. The van der Waals surface area contributed by atoms with Crippen molar-refractivity contribution in [1.29, 1.82) is 0 Å². The van der Waals surface area contributed by atoms with Crippen molar-refractivity contribution in [2.45, 2.75) is 5.16 Å². The maximum absolute atomic E-state index is 11.1. The molecular formula is C10H9N5O3S. The van der Waals surface area contributed by atoms with E-state index < -0.39 is 11.9 Å². The van der Waals surface area contributed by atoms with Gasteiger partial charge in [0.25, 0.3) is 0 Å². The van der Waals surface area contributed by atoms with Crippen molar-refractivity contribution in [1.82, 2.24) is 20.2 Å². The standard InChI is InChI=1S/C10H9N5O3S/c11-9(18)6-2-1-3-7(4-6)15-10(12-13-14-15)19-5-8(16)17/h1-4H,5H2,(H2,11,18)(H,16,17). The average molecular weight is 279 g/mol. The number of hydrogen-bond acceptors (Lipinski definition) is 6. The smallest absolute Gasteiger partial charge is 0.313 e. The summed E-state index contributed by atoms with van der Waals surface area (Å²) in [6.45, 7) is 0. The Bertz CT molecular complexity index is 627. The number of rotatable bonds is 5. The molecule has 0 fully saturated rings. The zero-order valence-electron chi connectivity index (χ0n) is 9.55. The lowest BCUT2D eigenvalue weighted by Gasteiger charge is -2.04. The summed E-state index contributed by atoms with van der Waals surface area (Å²) in [4.78, 5) is 21.6. The number of amides is 1. The number of nitrogens with zero attached hydrogens (tertiary/aromatic N) is 4. The lowest BCUT2D eigenvalue weighted by Crippen LogP contribution is -2.11. The minimum atomic E-state index is -0.967. The Labute approximate surface area is 111 Å². The molecule has 0 atom stereocenters. The van der Waals surface area contributed by atoms with Gasteiger partial charge in [0.1, 0.15) is 0 Å². The van der Waals surface area contributed by atoms with E-state index in [0.717, 1.165) is 11.8 Å². The summed E-state index contributed by atoms with van der Waals surface area (Å²) in [5.41, 5.74) is 6.05. The topological polar surface area (TPSA) is 124 Å². The third-order valence-corrected chi connectivity index (χ3v) is 3.04. The average Bonchev–Trinajstić information content (AvgIpc) is 2.84. The molecule has 0 aliphatic carbocycles. The molecular weight excluding hydrogens is 270 g/mol. The van der Waals surface area contributed by atoms with Crippen LogP contribution in [0.1, 0.15) is 10.4 Å². The van der Waals surface area contributed by atoms with Crippen molar-refractivity contribution in [3.05, 3.63) is 29.8 Å². The van der Waals surface area contributed by atoms with Crippen LogP contribution < -0.4 is 5.73 Å². The van der Waals surface area contributed by atoms with Gasteiger partial charge in [0, 0.05) is 5.56 Å². The second-order valence-electron chi connectivity index (χ2n) is 3.47. The van der Waals surface area contributed by atoms with Crippen molar-refractivity contribution in [2.24, 2.45) is 5.73 Å². The number of thioether (sulfide) groups is 1. The van der Waals surface area contributed by atoms with E-state index in [-0.39, 0.29) is 5.75 Å². The zero-order valence-corrected chi connectivity index (χ0v) is 10.4. The first-order valence-electron chi connectivity index (χ1n) is 5.11. The van der Waals surface area contributed by atoms with E-state index >= 15 is 0 Å². The van der Waals surface area contributed by atoms with Gasteiger partial charge in [0.2, 0.25) is 11.1 Å². The van der Waals surface area contributed by atoms with E-state index in [1.807, 2.05) is 0 Å². The highest BCUT2D eigenvalue weighted by Gasteiger charge is 2.12. The van der Waals surface area contributed by atoms with E-state index in [9.17, 15) is 9.59 Å². The highest BCUT2D eigenvalue weighted by Crippen LogP contribution is 2.18. The van der Waals surface area contributed by atoms with E-state index in [2.05, 4.69) is 15.5 Å². The molecule has 0 bridgehead atoms. The molecule has 1 aromatic carbocycles. The Kier molecular flexibility index (Phi) is 3.76. The highest BCUT2D eigenvalue weighted by molar-refractivity contribution is 7.99. The molecule has 0 saturated heterocycles. The fourth-order valence-corrected chi connectivity index (χ4v) is 1.96. The quantitative estimate of drug-likeness (QED) is 0.734. The molecule has 19 heavy (non-hydrogen) atoms. The molecule has 2 rings (SSSR count). The first kappa shape index (κ1) is 13.0. The molecule has 2 aromatic rings. The number of carbonyl (C=O) groups is 2. The molecule has 8 nitrogen and oxygen atoms in total. The number of primary amides is 1. The number of carboxylic acid groups (broad SMARTS) is 1. The normalized spacial score (nSPS) is 10.3. The molecule has 1 amide bonds. The van der Waals surface area contributed by atoms with Gasteiger partial charge in [-0.25, -0.2) is 0 Å². The Morgan fingerprint density at radius 2 is 2.21 bits per heavy atom. The van der Waals surface area contributed by atoms with E-state index in [1.54, 1.807) is 18.2 Å². The van der Waals surface area contributed by atoms with Gasteiger partial charge in [0.15, 0.2) is 0 Å². The SMILES string of the molecule is NC(=O)c1cccc(-n2nnnc2SCC(=O)O)c1. The molecule has 0 aliphatic heterocycles. The summed E-state index contributed by atoms with van der Waals surface area (Å²) in [7, 11) is 0. The van der Waals surface area contributed by atoms with Gasteiger partial charge in [-0.1, -0.05) is 17.8 Å². The Hall–Kier alpha value is -2.42. The maximum atomic E-state index is 11.1. The molecule has 0 saturated carbocycles. The molecule has 1 heterocycles. The second-order valence-corrected chi connectivity index (χ2v) is 4.41. The van der Waals surface area contributed by atoms with Crippen molar-refractivity contribution in [2.75, 3.05) is 5.75 Å². The third-order valence-electron chi connectivity index (χ3n) is 2.14. The first-order chi connectivity index (χ1) is 9.08. The number of benzene rings is 1. The first-order valence-corrected chi connectivity index (χ1v) is 6.09. The number of aromatic nitrogens is 4. The number of carbonyl (C=O) groups excluding carboxylic acids is 1. The van der Waals surface area contributed by atoms with Crippen molar-refractivity contribution in [3.8, 4) is 5.69 Å². The largest absolute Gasteiger partial charge is 0.481 e. The lowest BCUT2D eigenvalue weighted by molar-refractivity contribution is -0.133. The van der Waals surface area contributed by atoms with E-state index in [0.29, 0.717) is 16.4 Å². The van der Waals surface area contributed by atoms with Crippen LogP contribution in [0.25, 0.3) is 5.69 Å². The molecule has 98 valence electrons. The number of nitrogens with two attached hydrogens (primary N) is 1. The predicted molar refractivity (Wildman–Crippen MR) is 66.0 cm³/mol. The van der Waals surface area contributed by atoms with Crippen molar-refractivity contribution >= 4 is 23.6 Å². The summed E-state index contributed by atoms with van der Waals surface area (Å²) in [5.74, 6) is -1.68. The minimum absolute atomic E-state index is 0.157. The van der Waals surface area contributed by atoms with Gasteiger partial charge in [-0.05, 0) is 28.6 Å². The number of hydrogen-bond donors (Lipinski definition) is 2. The predicted octanol–water partition coefficient (Wildman–Crippen LogP) is -0.0621. The van der Waals surface area contributed by atoms with Gasteiger partial charge >= 0.3 is 5.97 Å². The Morgan fingerprint density at radius 3 is 2.89 bits per heavy atom. The maximum Gasteiger partial charge on any atom is 0.313 e. The summed E-state index contributed by atoms with van der Waals surface area (Å²) in [6.07, 6.45) is 0. The summed E-state index contributed by atoms with van der Waals surface area (Å²) < 4.78 is 1.35. The van der Waals surface area contributed by atoms with Crippen LogP contribution in [0.4, 0.5) is 0 Å². The molecule has 1 aromatic heterocycles. The second kappa shape index (κ2) is 5.48. The molecule has 9 heteroatoms. The van der Waals surface area contributed by atoms with Gasteiger partial charge in [-0.3, -0.25) is 9.59 Å². The third kappa shape index (κ3) is 3.07. The Balaban J connectivity index is 2.31. The fourth-order valence-electron chi connectivity index (χ4n) is 1.35. The zero-order chi connectivity index (χ0) is 13.8. The van der Waals surface area contributed by atoms with Gasteiger partial charge in [0.05, 0.1) is 11.4 Å². The van der Waals surface area contributed by atoms with Gasteiger partial charge in [-0.15, -0.1) is 5.10 Å². The lowest BCUT2D eigenvalue weighted by atomic mass is 10.2. The summed E-state index contributed by atoms with van der Waals surface area (Å²) in [6, 6.07) is 6.43. The molecule has 0 aliphatic rings. The van der Waals surface area contributed by atoms with Crippen LogP contribution in [0.3, 0.4) is 0 Å². The van der Waals surface area contributed by atoms with Crippen LogP contribution in [0.15, 0.2) is 29.4 Å². The minimum Gasteiger partial charge on any atom is -0.481 e. The summed E-state index contributed by atoms with van der Waals surface area (Å²) >= 11 is 0.982. The van der Waals surface area contributed by atoms with Crippen LogP contribution in [0.2, 0.25) is 0 Å². The van der Waals surface area contributed by atoms with Crippen molar-refractivity contribution < 1.29 is 14.7 Å². The number of tetrazole rings is 1. The molecule has 3 N–H and O–H groups in total.